The Hall–Kier alpha value is -1.96. The Morgan fingerprint density at radius 2 is 1.93 bits per heavy atom. The molecule has 2 aromatic rings. The first-order valence-corrected chi connectivity index (χ1v) is 10.9. The fourth-order valence-electron chi connectivity index (χ4n) is 4.35. The molecule has 1 atom stereocenters. The lowest BCUT2D eigenvalue weighted by molar-refractivity contribution is 0.0444. The molecule has 29 heavy (non-hydrogen) atoms. The Balaban J connectivity index is 1.45. The van der Waals surface area contributed by atoms with Gasteiger partial charge in [0.2, 0.25) is 5.82 Å². The predicted octanol–water partition coefficient (Wildman–Crippen LogP) is 2.34. The van der Waals surface area contributed by atoms with E-state index in [-0.39, 0.29) is 11.7 Å². The largest absolute Gasteiger partial charge is 0.333 e. The second-order valence-corrected chi connectivity index (χ2v) is 8.36. The molecule has 3 heterocycles. The lowest BCUT2D eigenvalue weighted by Crippen LogP contribution is -2.55. The fraction of sp³-hybridized carbons (Fsp3) is 0.571. The SMILES string of the molecule is CCc1nc(C(=O)N2CCN(C3CCCN(C)C3)CC2)nn1-c1ccccc1Cl. The summed E-state index contributed by atoms with van der Waals surface area (Å²) in [6.07, 6.45) is 3.18. The van der Waals surface area contributed by atoms with Crippen molar-refractivity contribution in [3.05, 3.63) is 40.9 Å². The third-order valence-electron chi connectivity index (χ3n) is 5.98. The maximum absolute atomic E-state index is 13.1. The number of piperazine rings is 1. The number of aromatic nitrogens is 3. The summed E-state index contributed by atoms with van der Waals surface area (Å²) in [4.78, 5) is 24.4. The summed E-state index contributed by atoms with van der Waals surface area (Å²) in [6, 6.07) is 8.11. The molecule has 0 aliphatic carbocycles. The van der Waals surface area contributed by atoms with Gasteiger partial charge >= 0.3 is 0 Å². The molecule has 0 bridgehead atoms. The summed E-state index contributed by atoms with van der Waals surface area (Å²) in [7, 11) is 2.19. The van der Waals surface area contributed by atoms with Crippen LogP contribution in [0.1, 0.15) is 36.2 Å². The molecule has 2 aliphatic heterocycles. The van der Waals surface area contributed by atoms with E-state index in [0.29, 0.717) is 17.5 Å². The minimum Gasteiger partial charge on any atom is -0.333 e. The zero-order chi connectivity index (χ0) is 20.4. The summed E-state index contributed by atoms with van der Waals surface area (Å²) >= 11 is 6.33. The predicted molar refractivity (Wildman–Crippen MR) is 114 cm³/mol. The van der Waals surface area contributed by atoms with Crippen LogP contribution in [0.3, 0.4) is 0 Å². The van der Waals surface area contributed by atoms with Crippen LogP contribution in [0.4, 0.5) is 0 Å². The van der Waals surface area contributed by atoms with Crippen LogP contribution >= 0.6 is 11.6 Å². The third kappa shape index (κ3) is 4.32. The van der Waals surface area contributed by atoms with Gasteiger partial charge in [0, 0.05) is 45.2 Å². The number of likely N-dealkylation sites (tertiary alicyclic amines) is 1. The number of piperidine rings is 1. The van der Waals surface area contributed by atoms with Crippen LogP contribution in [-0.4, -0.2) is 87.7 Å². The molecule has 2 saturated heterocycles. The van der Waals surface area contributed by atoms with Gasteiger partial charge in [-0.25, -0.2) is 9.67 Å². The van der Waals surface area contributed by atoms with E-state index in [1.165, 1.54) is 19.4 Å². The van der Waals surface area contributed by atoms with Crippen molar-refractivity contribution in [2.45, 2.75) is 32.2 Å². The average Bonchev–Trinajstić information content (AvgIpc) is 3.18. The third-order valence-corrected chi connectivity index (χ3v) is 6.30. The number of carbonyl (C=O) groups excluding carboxylic acids is 1. The number of benzene rings is 1. The lowest BCUT2D eigenvalue weighted by Gasteiger charge is -2.42. The van der Waals surface area contributed by atoms with Crippen LogP contribution in [0.5, 0.6) is 0 Å². The number of hydrogen-bond acceptors (Lipinski definition) is 5. The highest BCUT2D eigenvalue weighted by Gasteiger charge is 2.30. The summed E-state index contributed by atoms with van der Waals surface area (Å²) in [6.45, 7) is 7.59. The molecule has 4 rings (SSSR count). The Morgan fingerprint density at radius 1 is 1.17 bits per heavy atom. The molecule has 156 valence electrons. The van der Waals surface area contributed by atoms with E-state index in [0.717, 1.165) is 44.2 Å². The molecular formula is C21H29ClN6O. The van der Waals surface area contributed by atoms with E-state index in [1.54, 1.807) is 4.68 Å². The molecule has 0 N–H and O–H groups in total. The quantitative estimate of drug-likeness (QED) is 0.765. The van der Waals surface area contributed by atoms with Crippen molar-refractivity contribution in [1.82, 2.24) is 29.5 Å². The van der Waals surface area contributed by atoms with E-state index in [2.05, 4.69) is 26.9 Å². The van der Waals surface area contributed by atoms with Crippen LogP contribution in [0.25, 0.3) is 5.69 Å². The van der Waals surface area contributed by atoms with Crippen LogP contribution in [0.2, 0.25) is 5.02 Å². The van der Waals surface area contributed by atoms with Gasteiger partial charge in [0.15, 0.2) is 0 Å². The van der Waals surface area contributed by atoms with Crippen molar-refractivity contribution >= 4 is 17.5 Å². The Bertz CT molecular complexity index is 861. The topological polar surface area (TPSA) is 57.5 Å². The van der Waals surface area contributed by atoms with Crippen LogP contribution in [-0.2, 0) is 6.42 Å². The molecular weight excluding hydrogens is 388 g/mol. The molecule has 2 aliphatic rings. The Morgan fingerprint density at radius 3 is 2.62 bits per heavy atom. The van der Waals surface area contributed by atoms with Gasteiger partial charge in [0.25, 0.3) is 5.91 Å². The van der Waals surface area contributed by atoms with Gasteiger partial charge in [-0.3, -0.25) is 9.69 Å². The number of para-hydroxylation sites is 1. The molecule has 1 aromatic heterocycles. The van der Waals surface area contributed by atoms with E-state index in [4.69, 9.17) is 11.6 Å². The number of carbonyl (C=O) groups is 1. The number of rotatable bonds is 4. The highest BCUT2D eigenvalue weighted by atomic mass is 35.5. The van der Waals surface area contributed by atoms with E-state index >= 15 is 0 Å². The highest BCUT2D eigenvalue weighted by Crippen LogP contribution is 2.22. The van der Waals surface area contributed by atoms with Crippen molar-refractivity contribution in [3.8, 4) is 5.69 Å². The minimum absolute atomic E-state index is 0.0917. The molecule has 8 heteroatoms. The van der Waals surface area contributed by atoms with Gasteiger partial charge in [-0.05, 0) is 38.6 Å². The highest BCUT2D eigenvalue weighted by molar-refractivity contribution is 6.32. The second-order valence-electron chi connectivity index (χ2n) is 7.95. The zero-order valence-electron chi connectivity index (χ0n) is 17.2. The smallest absolute Gasteiger partial charge is 0.293 e. The maximum atomic E-state index is 13.1. The average molecular weight is 417 g/mol. The number of halogens is 1. The standard InChI is InChI=1S/C21H29ClN6O/c1-3-19-23-20(24-28(19)18-9-5-4-8-17(18)22)21(29)27-13-11-26(12-14-27)16-7-6-10-25(2)15-16/h4-5,8-9,16H,3,6-7,10-15H2,1-2H3. The lowest BCUT2D eigenvalue weighted by atomic mass is 10.0. The molecule has 7 nitrogen and oxygen atoms in total. The summed E-state index contributed by atoms with van der Waals surface area (Å²) < 4.78 is 1.70. The van der Waals surface area contributed by atoms with Gasteiger partial charge in [-0.15, -0.1) is 5.10 Å². The molecule has 2 fully saturated rings. The number of amides is 1. The van der Waals surface area contributed by atoms with Crippen LogP contribution in [0, 0.1) is 0 Å². The molecule has 1 amide bonds. The summed E-state index contributed by atoms with van der Waals surface area (Å²) in [5.74, 6) is 0.906. The molecule has 1 unspecified atom stereocenters. The number of nitrogens with zero attached hydrogens (tertiary/aromatic N) is 6. The van der Waals surface area contributed by atoms with Crippen molar-refractivity contribution < 1.29 is 4.79 Å². The first-order valence-electron chi connectivity index (χ1n) is 10.5. The number of likely N-dealkylation sites (N-methyl/N-ethyl adjacent to an activating group) is 1. The Kier molecular flexibility index (Phi) is 6.18. The molecule has 0 radical (unpaired) electrons. The number of hydrogen-bond donors (Lipinski definition) is 0. The fourth-order valence-corrected chi connectivity index (χ4v) is 4.56. The van der Waals surface area contributed by atoms with E-state index in [9.17, 15) is 4.79 Å². The van der Waals surface area contributed by atoms with E-state index < -0.39 is 0 Å². The van der Waals surface area contributed by atoms with Crippen molar-refractivity contribution in [3.63, 3.8) is 0 Å². The Labute approximate surface area is 177 Å². The second kappa shape index (κ2) is 8.81. The monoisotopic (exact) mass is 416 g/mol. The summed E-state index contributed by atoms with van der Waals surface area (Å²) in [5, 5.41) is 5.11. The summed E-state index contributed by atoms with van der Waals surface area (Å²) in [5.41, 5.74) is 0.754. The van der Waals surface area contributed by atoms with Crippen LogP contribution in [0.15, 0.2) is 24.3 Å². The number of aryl methyl sites for hydroxylation is 1. The molecule has 0 spiro atoms. The van der Waals surface area contributed by atoms with Gasteiger partial charge in [-0.2, -0.15) is 0 Å². The van der Waals surface area contributed by atoms with Crippen molar-refractivity contribution in [2.75, 3.05) is 46.3 Å². The molecule has 0 saturated carbocycles. The van der Waals surface area contributed by atoms with E-state index in [1.807, 2.05) is 36.1 Å². The first kappa shape index (κ1) is 20.3. The van der Waals surface area contributed by atoms with Crippen molar-refractivity contribution in [2.24, 2.45) is 0 Å². The zero-order valence-corrected chi connectivity index (χ0v) is 18.0. The van der Waals surface area contributed by atoms with Gasteiger partial charge < -0.3 is 9.80 Å². The van der Waals surface area contributed by atoms with Gasteiger partial charge in [0.05, 0.1) is 10.7 Å². The molecule has 1 aromatic carbocycles. The minimum atomic E-state index is -0.0917. The maximum Gasteiger partial charge on any atom is 0.293 e. The van der Waals surface area contributed by atoms with Gasteiger partial charge in [0.1, 0.15) is 5.82 Å². The van der Waals surface area contributed by atoms with Crippen molar-refractivity contribution in [1.29, 1.82) is 0 Å². The van der Waals surface area contributed by atoms with Gasteiger partial charge in [-0.1, -0.05) is 30.7 Å². The first-order chi connectivity index (χ1) is 14.1. The van der Waals surface area contributed by atoms with Crippen LogP contribution < -0.4 is 0 Å². The normalized spacial score (nSPS) is 21.5.